The number of fused-ring (bicyclic) bond motifs is 1. The average Bonchev–Trinajstić information content (AvgIpc) is 2.69. The third-order valence-electron chi connectivity index (χ3n) is 4.95. The van der Waals surface area contributed by atoms with E-state index in [-0.39, 0.29) is 24.6 Å². The summed E-state index contributed by atoms with van der Waals surface area (Å²) >= 11 is 0. The zero-order chi connectivity index (χ0) is 20.8. The Morgan fingerprint density at radius 2 is 1.71 bits per heavy atom. The lowest BCUT2D eigenvalue weighted by Crippen LogP contribution is -2.59. The maximum atomic E-state index is 6.22. The fourth-order valence-corrected chi connectivity index (χ4v) is 3.53. The van der Waals surface area contributed by atoms with Gasteiger partial charge in [0.25, 0.3) is 0 Å². The van der Waals surface area contributed by atoms with Crippen LogP contribution in [0.5, 0.6) is 0 Å². The Balaban J connectivity index is 0.00000190. The predicted octanol–water partition coefficient (Wildman–Crippen LogP) is 5.97. The lowest BCUT2D eigenvalue weighted by Gasteiger charge is -2.47. The molecule has 5 nitrogen and oxygen atoms in total. The van der Waals surface area contributed by atoms with Crippen LogP contribution in [0, 0.1) is 0 Å². The van der Waals surface area contributed by atoms with E-state index in [0.29, 0.717) is 13.0 Å². The summed E-state index contributed by atoms with van der Waals surface area (Å²) in [5, 5.41) is 0. The maximum absolute atomic E-state index is 6.22. The Morgan fingerprint density at radius 1 is 1.04 bits per heavy atom. The quantitative estimate of drug-likeness (QED) is 0.316. The molecule has 2 unspecified atom stereocenters. The topological polar surface area (TPSA) is 46.2 Å². The van der Waals surface area contributed by atoms with Crippen molar-refractivity contribution in [2.24, 2.45) is 0 Å². The van der Waals surface area contributed by atoms with E-state index in [1.165, 1.54) is 38.5 Å². The van der Waals surface area contributed by atoms with Crippen molar-refractivity contribution in [3.8, 4) is 0 Å². The van der Waals surface area contributed by atoms with Gasteiger partial charge in [0.2, 0.25) is 6.29 Å². The number of rotatable bonds is 11. The third kappa shape index (κ3) is 9.25. The van der Waals surface area contributed by atoms with Gasteiger partial charge in [-0.05, 0) is 27.2 Å². The van der Waals surface area contributed by atoms with Gasteiger partial charge < -0.3 is 23.7 Å². The smallest absolute Gasteiger partial charge is 0.202 e. The van der Waals surface area contributed by atoms with Crippen molar-refractivity contribution in [2.45, 2.75) is 123 Å². The second-order valence-electron chi connectivity index (χ2n) is 7.77. The minimum absolute atomic E-state index is 0.0210. The van der Waals surface area contributed by atoms with Crippen molar-refractivity contribution < 1.29 is 23.7 Å². The molecule has 4 atom stereocenters. The van der Waals surface area contributed by atoms with Crippen LogP contribution in [0.4, 0.5) is 0 Å². The molecule has 5 heteroatoms. The fraction of sp³-hybridized carbons (Fsp3) is 0.913. The molecule has 2 aliphatic heterocycles. The van der Waals surface area contributed by atoms with E-state index in [0.717, 1.165) is 13.0 Å². The molecule has 2 fully saturated rings. The molecule has 0 spiro atoms. The lowest BCUT2D eigenvalue weighted by atomic mass is 9.99. The molecule has 0 radical (unpaired) electrons. The summed E-state index contributed by atoms with van der Waals surface area (Å²) in [6.07, 6.45) is 12.6. The van der Waals surface area contributed by atoms with Crippen LogP contribution in [-0.2, 0) is 23.7 Å². The number of allylic oxidation sites excluding steroid dienone is 1. The van der Waals surface area contributed by atoms with E-state index in [1.807, 2.05) is 40.7 Å². The standard InChI is InChI=1S/C21H38O5.C2H6/c1-5-7-8-9-10-11-12-14-22-17-15-19(23-13-6-2)25-18-16-24-21(3,4)26-20(17)18;1-2/h6,13,17-20H,5,7-12,14-16H2,1-4H3;1-2H3/b13-6-;/t17?,18?,19-,20-;/m0./s1. The zero-order valence-corrected chi connectivity index (χ0v) is 19.1. The van der Waals surface area contributed by atoms with Crippen LogP contribution in [0.25, 0.3) is 0 Å². The fourth-order valence-electron chi connectivity index (χ4n) is 3.53. The van der Waals surface area contributed by atoms with Gasteiger partial charge in [0.1, 0.15) is 12.2 Å². The van der Waals surface area contributed by atoms with Gasteiger partial charge in [-0.1, -0.05) is 65.4 Å². The van der Waals surface area contributed by atoms with Crippen molar-refractivity contribution in [1.82, 2.24) is 0 Å². The number of ether oxygens (including phenoxy) is 5. The van der Waals surface area contributed by atoms with Crippen molar-refractivity contribution in [3.05, 3.63) is 12.3 Å². The number of hydrogen-bond donors (Lipinski definition) is 0. The Labute approximate surface area is 173 Å². The first kappa shape index (κ1) is 25.4. The van der Waals surface area contributed by atoms with Crippen molar-refractivity contribution in [1.29, 1.82) is 0 Å². The summed E-state index contributed by atoms with van der Waals surface area (Å²) in [5.74, 6) is -0.595. The van der Waals surface area contributed by atoms with Crippen LogP contribution in [0.3, 0.4) is 0 Å². The molecule has 2 saturated heterocycles. The van der Waals surface area contributed by atoms with Crippen LogP contribution in [0.2, 0.25) is 0 Å². The van der Waals surface area contributed by atoms with Gasteiger partial charge in [0.05, 0.1) is 19.0 Å². The highest BCUT2D eigenvalue weighted by Crippen LogP contribution is 2.34. The Morgan fingerprint density at radius 3 is 2.39 bits per heavy atom. The normalized spacial score (nSPS) is 29.1. The van der Waals surface area contributed by atoms with Gasteiger partial charge in [-0.3, -0.25) is 0 Å². The Bertz CT molecular complexity index is 410. The van der Waals surface area contributed by atoms with Crippen LogP contribution < -0.4 is 0 Å². The van der Waals surface area contributed by atoms with Crippen molar-refractivity contribution in [2.75, 3.05) is 13.2 Å². The van der Waals surface area contributed by atoms with Gasteiger partial charge in [0.15, 0.2) is 5.79 Å². The second kappa shape index (κ2) is 14.4. The van der Waals surface area contributed by atoms with Gasteiger partial charge >= 0.3 is 0 Å². The molecule has 166 valence electrons. The summed E-state index contributed by atoms with van der Waals surface area (Å²) in [4.78, 5) is 0. The summed E-state index contributed by atoms with van der Waals surface area (Å²) in [7, 11) is 0. The molecule has 0 bridgehead atoms. The largest absolute Gasteiger partial charge is 0.473 e. The molecule has 2 heterocycles. The molecule has 0 aromatic heterocycles. The Kier molecular flexibility index (Phi) is 13.0. The highest BCUT2D eigenvalue weighted by Gasteiger charge is 2.47. The van der Waals surface area contributed by atoms with E-state index < -0.39 is 5.79 Å². The summed E-state index contributed by atoms with van der Waals surface area (Å²) in [5.41, 5.74) is 0. The molecule has 0 saturated carbocycles. The second-order valence-corrected chi connectivity index (χ2v) is 7.77. The van der Waals surface area contributed by atoms with E-state index in [4.69, 9.17) is 23.7 Å². The molecule has 2 rings (SSSR count). The van der Waals surface area contributed by atoms with Crippen LogP contribution in [-0.4, -0.2) is 43.6 Å². The van der Waals surface area contributed by atoms with Gasteiger partial charge in [-0.25, -0.2) is 0 Å². The first-order chi connectivity index (χ1) is 13.6. The first-order valence-electron chi connectivity index (χ1n) is 11.4. The van der Waals surface area contributed by atoms with Crippen molar-refractivity contribution in [3.63, 3.8) is 0 Å². The zero-order valence-electron chi connectivity index (χ0n) is 19.1. The van der Waals surface area contributed by atoms with Crippen LogP contribution in [0.15, 0.2) is 12.3 Å². The summed E-state index contributed by atoms with van der Waals surface area (Å²) < 4.78 is 29.7. The van der Waals surface area contributed by atoms with E-state index in [1.54, 1.807) is 6.26 Å². The highest BCUT2D eigenvalue weighted by molar-refractivity contribution is 4.90. The highest BCUT2D eigenvalue weighted by atomic mass is 16.8. The molecule has 0 amide bonds. The third-order valence-corrected chi connectivity index (χ3v) is 4.95. The molecular formula is C23H44O5. The minimum Gasteiger partial charge on any atom is -0.473 e. The number of unbranched alkanes of at least 4 members (excludes halogenated alkanes) is 6. The SMILES string of the molecule is C/C=C\O[C@@H]1CC(OCCCCCCCCC)[C@@H]2OC(C)(C)OCC2O1.CC. The molecule has 0 N–H and O–H groups in total. The predicted molar refractivity (Wildman–Crippen MR) is 113 cm³/mol. The average molecular weight is 401 g/mol. The first-order valence-corrected chi connectivity index (χ1v) is 11.4. The van der Waals surface area contributed by atoms with Gasteiger partial charge in [-0.2, -0.15) is 0 Å². The van der Waals surface area contributed by atoms with Crippen LogP contribution >= 0.6 is 0 Å². The monoisotopic (exact) mass is 400 g/mol. The molecule has 0 aliphatic carbocycles. The van der Waals surface area contributed by atoms with E-state index in [2.05, 4.69) is 6.92 Å². The Hall–Kier alpha value is -0.620. The summed E-state index contributed by atoms with van der Waals surface area (Å²) in [6, 6.07) is 0. The van der Waals surface area contributed by atoms with Crippen molar-refractivity contribution >= 4 is 0 Å². The van der Waals surface area contributed by atoms with E-state index >= 15 is 0 Å². The minimum atomic E-state index is -0.595. The van der Waals surface area contributed by atoms with Gasteiger partial charge in [0, 0.05) is 13.0 Å². The molecule has 28 heavy (non-hydrogen) atoms. The van der Waals surface area contributed by atoms with Gasteiger partial charge in [-0.15, -0.1) is 0 Å². The maximum Gasteiger partial charge on any atom is 0.202 e. The van der Waals surface area contributed by atoms with E-state index in [9.17, 15) is 0 Å². The molecule has 0 aromatic carbocycles. The molecule has 2 aliphatic rings. The number of hydrogen-bond acceptors (Lipinski definition) is 5. The molecule has 0 aromatic rings. The lowest BCUT2D eigenvalue weighted by molar-refractivity contribution is -0.363. The van der Waals surface area contributed by atoms with Crippen LogP contribution in [0.1, 0.15) is 92.9 Å². The molecular weight excluding hydrogens is 356 g/mol. The summed E-state index contributed by atoms with van der Waals surface area (Å²) in [6.45, 7) is 13.3.